The van der Waals surface area contributed by atoms with Gasteiger partial charge in [-0.15, -0.1) is 0 Å². The summed E-state index contributed by atoms with van der Waals surface area (Å²) in [7, 11) is 0. The van der Waals surface area contributed by atoms with E-state index in [4.69, 9.17) is 4.74 Å². The van der Waals surface area contributed by atoms with E-state index in [-0.39, 0.29) is 18.5 Å². The van der Waals surface area contributed by atoms with Gasteiger partial charge in [-0.05, 0) is 44.9 Å². The second-order valence-electron chi connectivity index (χ2n) is 18.9. The van der Waals surface area contributed by atoms with Crippen LogP contribution >= 0.6 is 0 Å². The molecule has 362 valence electrons. The van der Waals surface area contributed by atoms with Gasteiger partial charge in [-0.3, -0.25) is 9.59 Å². The molecule has 61 heavy (non-hydrogen) atoms. The number of hydrogen-bond donors (Lipinski definition) is 3. The molecule has 0 aromatic rings. The molecule has 0 heterocycles. The maximum Gasteiger partial charge on any atom is 0.305 e. The highest BCUT2D eigenvalue weighted by atomic mass is 16.5. The maximum atomic E-state index is 12.5. The van der Waals surface area contributed by atoms with Gasteiger partial charge >= 0.3 is 5.97 Å². The molecule has 0 radical (unpaired) electrons. The average Bonchev–Trinajstić information content (AvgIpc) is 3.26. The first-order valence-corrected chi connectivity index (χ1v) is 27.4. The van der Waals surface area contributed by atoms with Crippen LogP contribution in [0.15, 0.2) is 12.2 Å². The summed E-state index contributed by atoms with van der Waals surface area (Å²) < 4.78 is 5.45. The molecule has 0 aliphatic heterocycles. The van der Waals surface area contributed by atoms with Gasteiger partial charge in [-0.2, -0.15) is 0 Å². The molecule has 1 amide bonds. The van der Waals surface area contributed by atoms with Crippen molar-refractivity contribution < 1.29 is 24.5 Å². The van der Waals surface area contributed by atoms with Gasteiger partial charge in [0, 0.05) is 12.8 Å². The molecular formula is C55H107NO5. The lowest BCUT2D eigenvalue weighted by Gasteiger charge is -2.22. The van der Waals surface area contributed by atoms with E-state index < -0.39 is 12.1 Å². The zero-order chi connectivity index (χ0) is 44.4. The number of hydrogen-bond acceptors (Lipinski definition) is 5. The molecule has 0 fully saturated rings. The van der Waals surface area contributed by atoms with Crippen LogP contribution in [0.2, 0.25) is 0 Å². The first kappa shape index (κ1) is 59.6. The summed E-state index contributed by atoms with van der Waals surface area (Å²) in [5, 5.41) is 23.3. The van der Waals surface area contributed by atoms with Crippen molar-refractivity contribution in [2.75, 3.05) is 13.2 Å². The zero-order valence-corrected chi connectivity index (χ0v) is 41.2. The fourth-order valence-corrected chi connectivity index (χ4v) is 8.56. The number of amides is 1. The van der Waals surface area contributed by atoms with E-state index in [1.54, 1.807) is 0 Å². The monoisotopic (exact) mass is 862 g/mol. The Hall–Kier alpha value is -1.40. The van der Waals surface area contributed by atoms with E-state index in [1.165, 1.54) is 225 Å². The summed E-state index contributed by atoms with van der Waals surface area (Å²) in [4.78, 5) is 24.4. The molecule has 0 aromatic heterocycles. The van der Waals surface area contributed by atoms with Crippen molar-refractivity contribution in [3.8, 4) is 0 Å². The molecule has 2 atom stereocenters. The molecule has 2 unspecified atom stereocenters. The van der Waals surface area contributed by atoms with Gasteiger partial charge in [0.15, 0.2) is 0 Å². The summed E-state index contributed by atoms with van der Waals surface area (Å²) in [6.07, 6.45) is 59.0. The van der Waals surface area contributed by atoms with Crippen LogP contribution in [0.1, 0.15) is 303 Å². The molecule has 0 aliphatic rings. The Labute approximate surface area is 380 Å². The van der Waals surface area contributed by atoms with E-state index in [9.17, 15) is 19.8 Å². The molecule has 6 nitrogen and oxygen atoms in total. The number of unbranched alkanes of at least 4 members (excludes halogenated alkanes) is 38. The molecule has 0 saturated carbocycles. The van der Waals surface area contributed by atoms with E-state index in [0.717, 1.165) is 44.9 Å². The number of esters is 1. The third-order valence-electron chi connectivity index (χ3n) is 12.8. The third-order valence-corrected chi connectivity index (χ3v) is 12.8. The van der Waals surface area contributed by atoms with Crippen molar-refractivity contribution in [2.24, 2.45) is 0 Å². The Bertz CT molecular complexity index is 909. The fourth-order valence-electron chi connectivity index (χ4n) is 8.56. The van der Waals surface area contributed by atoms with Gasteiger partial charge in [0.05, 0.1) is 25.4 Å². The largest absolute Gasteiger partial charge is 0.466 e. The quantitative estimate of drug-likeness (QED) is 0.0322. The predicted molar refractivity (Wildman–Crippen MR) is 264 cm³/mol. The van der Waals surface area contributed by atoms with E-state index >= 15 is 0 Å². The lowest BCUT2D eigenvalue weighted by atomic mass is 10.0. The van der Waals surface area contributed by atoms with Crippen LogP contribution in [0.5, 0.6) is 0 Å². The van der Waals surface area contributed by atoms with Crippen LogP contribution in [0.4, 0.5) is 0 Å². The lowest BCUT2D eigenvalue weighted by Crippen LogP contribution is -2.45. The third kappa shape index (κ3) is 47.9. The summed E-state index contributed by atoms with van der Waals surface area (Å²) in [6, 6.07) is -0.543. The topological polar surface area (TPSA) is 95.9 Å². The molecule has 0 aromatic carbocycles. The van der Waals surface area contributed by atoms with Crippen LogP contribution < -0.4 is 5.32 Å². The molecule has 0 aliphatic carbocycles. The number of carbonyl (C=O) groups is 2. The van der Waals surface area contributed by atoms with Crippen molar-refractivity contribution >= 4 is 11.9 Å². The highest BCUT2D eigenvalue weighted by molar-refractivity contribution is 5.76. The molecule has 0 saturated heterocycles. The highest BCUT2D eigenvalue weighted by Gasteiger charge is 2.20. The minimum Gasteiger partial charge on any atom is -0.466 e. The Morgan fingerprint density at radius 3 is 1.21 bits per heavy atom. The van der Waals surface area contributed by atoms with Crippen molar-refractivity contribution in [1.29, 1.82) is 0 Å². The Morgan fingerprint density at radius 2 is 0.787 bits per heavy atom. The summed E-state index contributed by atoms with van der Waals surface area (Å²) in [6.45, 7) is 4.92. The molecule has 6 heteroatoms. The van der Waals surface area contributed by atoms with Gasteiger partial charge in [-0.1, -0.05) is 257 Å². The molecule has 0 bridgehead atoms. The second-order valence-corrected chi connectivity index (χ2v) is 18.9. The van der Waals surface area contributed by atoms with Crippen molar-refractivity contribution in [1.82, 2.24) is 5.32 Å². The minimum absolute atomic E-state index is 0.00344. The van der Waals surface area contributed by atoms with Gasteiger partial charge < -0.3 is 20.3 Å². The first-order chi connectivity index (χ1) is 30.0. The van der Waals surface area contributed by atoms with Crippen LogP contribution in [0, 0.1) is 0 Å². The Kier molecular flexibility index (Phi) is 50.1. The Morgan fingerprint density at radius 1 is 0.443 bits per heavy atom. The zero-order valence-electron chi connectivity index (χ0n) is 41.2. The van der Waals surface area contributed by atoms with Gasteiger partial charge in [0.1, 0.15) is 0 Å². The maximum absolute atomic E-state index is 12.5. The van der Waals surface area contributed by atoms with Gasteiger partial charge in [-0.25, -0.2) is 0 Å². The number of ether oxygens (including phenoxy) is 1. The number of allylic oxidation sites excluding steroid dienone is 2. The number of aliphatic hydroxyl groups is 2. The number of rotatable bonds is 51. The second kappa shape index (κ2) is 51.2. The van der Waals surface area contributed by atoms with Crippen LogP contribution in [0.25, 0.3) is 0 Å². The number of nitrogens with one attached hydrogen (secondary N) is 1. The predicted octanol–water partition coefficient (Wildman–Crippen LogP) is 16.5. The lowest BCUT2D eigenvalue weighted by molar-refractivity contribution is -0.143. The van der Waals surface area contributed by atoms with Gasteiger partial charge in [0.25, 0.3) is 0 Å². The summed E-state index contributed by atoms with van der Waals surface area (Å²) in [5.41, 5.74) is 0. The SMILES string of the molecule is CCCC/C=C\CCCCCCCC(=O)OCCCCCCCCCCCCCCCCCCCCC(=O)NC(CO)C(O)CCCCCCCCCCCCCCCCC. The first-order valence-electron chi connectivity index (χ1n) is 27.4. The van der Waals surface area contributed by atoms with E-state index in [2.05, 4.69) is 31.3 Å². The molecule has 0 spiro atoms. The van der Waals surface area contributed by atoms with Gasteiger partial charge in [0.2, 0.25) is 5.91 Å². The molecule has 0 rings (SSSR count). The number of aliphatic hydroxyl groups excluding tert-OH is 2. The average molecular weight is 862 g/mol. The minimum atomic E-state index is -0.666. The standard InChI is InChI=1S/C55H107NO5/c1-3-5-7-9-11-13-15-16-21-24-28-31-35-39-43-47-53(58)52(51-57)56-54(59)48-44-40-36-32-29-25-22-19-17-18-20-23-26-30-34-38-42-46-50-61-55(60)49-45-41-37-33-27-14-12-10-8-6-4-2/h10,12,52-53,57-58H,3-9,11,13-51H2,1-2H3,(H,56,59)/b12-10-. The van der Waals surface area contributed by atoms with Crippen LogP contribution in [0.3, 0.4) is 0 Å². The summed E-state index contributed by atoms with van der Waals surface area (Å²) >= 11 is 0. The van der Waals surface area contributed by atoms with E-state index in [1.807, 2.05) is 0 Å². The van der Waals surface area contributed by atoms with Crippen molar-refractivity contribution in [3.05, 3.63) is 12.2 Å². The molecule has 3 N–H and O–H groups in total. The summed E-state index contributed by atoms with van der Waals surface area (Å²) in [5.74, 6) is -0.0410. The van der Waals surface area contributed by atoms with Crippen LogP contribution in [-0.2, 0) is 14.3 Å². The van der Waals surface area contributed by atoms with Crippen molar-refractivity contribution in [3.63, 3.8) is 0 Å². The Balaban J connectivity index is 3.41. The number of carbonyl (C=O) groups excluding carboxylic acids is 2. The highest BCUT2D eigenvalue weighted by Crippen LogP contribution is 2.17. The molecular weight excluding hydrogens is 755 g/mol. The normalized spacial score (nSPS) is 12.7. The van der Waals surface area contributed by atoms with E-state index in [0.29, 0.717) is 25.9 Å². The van der Waals surface area contributed by atoms with Crippen LogP contribution in [-0.4, -0.2) is 47.4 Å². The fraction of sp³-hybridized carbons (Fsp3) is 0.927. The van der Waals surface area contributed by atoms with Crippen molar-refractivity contribution in [2.45, 2.75) is 315 Å². The smallest absolute Gasteiger partial charge is 0.305 e.